The molecule has 6 heteroatoms. The zero-order valence-electron chi connectivity index (χ0n) is 51.4. The number of fused-ring (bicyclic) bond motifs is 10. The molecule has 0 spiro atoms. The van der Waals surface area contributed by atoms with Crippen molar-refractivity contribution >= 4 is 32.8 Å². The molecule has 0 unspecified atom stereocenters. The zero-order valence-corrected chi connectivity index (χ0v) is 43.6. The van der Waals surface area contributed by atoms with Crippen molar-refractivity contribution in [3.05, 3.63) is 236 Å². The third-order valence-electron chi connectivity index (χ3n) is 13.9. The van der Waals surface area contributed by atoms with Gasteiger partial charge in [0.2, 0.25) is 0 Å². The molecule has 4 heterocycles. The first-order chi connectivity index (χ1) is 39.6. The first-order valence-electron chi connectivity index (χ1n) is 29.3. The Hall–Kier alpha value is -8.11. The van der Waals surface area contributed by atoms with E-state index in [0.29, 0.717) is 56.2 Å². The molecule has 0 aliphatic carbocycles. The molecule has 1 aliphatic rings. The Morgan fingerprint density at radius 3 is 1.93 bits per heavy atom. The summed E-state index contributed by atoms with van der Waals surface area (Å²) in [5.41, 5.74) is 10.5. The van der Waals surface area contributed by atoms with Crippen molar-refractivity contribution in [2.75, 3.05) is 0 Å². The van der Waals surface area contributed by atoms with Crippen molar-refractivity contribution in [1.82, 2.24) is 14.1 Å². The number of hydrogen-bond donors (Lipinski definition) is 0. The Kier molecular flexibility index (Phi) is 9.00. The summed E-state index contributed by atoms with van der Waals surface area (Å²) in [6, 6.07) is 47.7. The number of rotatable bonds is 6. The molecular weight excluding hydrogens is 1080 g/mol. The van der Waals surface area contributed by atoms with E-state index in [-0.39, 0.29) is 67.2 Å². The summed E-state index contributed by atoms with van der Waals surface area (Å²) >= 11 is 0. The Balaban J connectivity index is 0.00000694. The molecule has 12 aromatic rings. The number of hydrogen-bond acceptors (Lipinski definition) is 2. The fourth-order valence-corrected chi connectivity index (χ4v) is 10.3. The minimum Gasteiger partial charge on any atom is -0.510 e. The van der Waals surface area contributed by atoms with Gasteiger partial charge in [-0.3, -0.25) is 4.57 Å². The Bertz CT molecular complexity index is 4710. The maximum Gasteiger partial charge on any atom is 0.268 e. The zero-order chi connectivity index (χ0) is 58.3. The van der Waals surface area contributed by atoms with E-state index in [1.165, 1.54) is 0 Å². The van der Waals surface area contributed by atoms with Gasteiger partial charge in [-0.05, 0) is 113 Å². The van der Waals surface area contributed by atoms with Gasteiger partial charge in [0.25, 0.3) is 6.33 Å². The van der Waals surface area contributed by atoms with Gasteiger partial charge >= 0.3 is 0 Å². The van der Waals surface area contributed by atoms with Gasteiger partial charge in [0.15, 0.2) is 0 Å². The molecule has 0 bridgehead atoms. The summed E-state index contributed by atoms with van der Waals surface area (Å²) in [6.45, 7) is 12.9. The molecule has 3 aromatic heterocycles. The second-order valence-electron chi connectivity index (χ2n) is 20.5. The van der Waals surface area contributed by atoms with Crippen LogP contribution >= 0.6 is 0 Å². The van der Waals surface area contributed by atoms with Crippen LogP contribution in [-0.4, -0.2) is 14.1 Å². The average molecular weight is 1150 g/mol. The van der Waals surface area contributed by atoms with Crippen molar-refractivity contribution < 1.29 is 44.1 Å². The van der Waals surface area contributed by atoms with E-state index in [1.54, 1.807) is 22.8 Å². The summed E-state index contributed by atoms with van der Waals surface area (Å²) in [7, 11) is 0. The average Bonchev–Trinajstić information content (AvgIpc) is 1.77. The number of imidazole rings is 1. The van der Waals surface area contributed by atoms with Gasteiger partial charge in [0.05, 0.1) is 30.4 Å². The molecule has 0 saturated carbocycles. The van der Waals surface area contributed by atoms with Gasteiger partial charge in [-0.25, -0.2) is 4.98 Å². The van der Waals surface area contributed by atoms with Crippen molar-refractivity contribution in [3.63, 3.8) is 0 Å². The summed E-state index contributed by atoms with van der Waals surface area (Å²) in [4.78, 5) is 4.85. The van der Waals surface area contributed by atoms with Gasteiger partial charge in [0.1, 0.15) is 5.82 Å². The molecule has 9 aromatic carbocycles. The van der Waals surface area contributed by atoms with Crippen LogP contribution in [0.2, 0.25) is 0 Å². The van der Waals surface area contributed by atoms with E-state index in [1.807, 2.05) is 95.7 Å². The van der Waals surface area contributed by atoms with Crippen molar-refractivity contribution in [2.24, 2.45) is 0 Å². The van der Waals surface area contributed by atoms with E-state index < -0.39 is 36.3 Å². The molecular formula is C68H52N4OPt-2. The number of ether oxygens (including phenoxy) is 1. The van der Waals surface area contributed by atoms with Gasteiger partial charge in [-0.15, -0.1) is 29.7 Å². The molecule has 0 amide bonds. The number of para-hydroxylation sites is 2. The maximum absolute atomic E-state index is 9.41. The normalized spacial score (nSPS) is 14.0. The summed E-state index contributed by atoms with van der Waals surface area (Å²) < 4.78 is 102. The molecule has 13 rings (SSSR count). The smallest absolute Gasteiger partial charge is 0.268 e. The van der Waals surface area contributed by atoms with E-state index in [4.69, 9.17) is 17.9 Å². The maximum atomic E-state index is 9.41. The second kappa shape index (κ2) is 18.1. The summed E-state index contributed by atoms with van der Waals surface area (Å²) in [5.74, 6) is 1.48. The molecule has 0 atom stereocenters. The van der Waals surface area contributed by atoms with Crippen LogP contribution in [0.15, 0.2) is 206 Å². The minimum atomic E-state index is -0.520. The van der Waals surface area contributed by atoms with E-state index in [2.05, 4.69) is 101 Å². The summed E-state index contributed by atoms with van der Waals surface area (Å²) in [5, 5.41) is 2.00. The predicted octanol–water partition coefficient (Wildman–Crippen LogP) is 16.8. The standard InChI is InChI=1S/C68H52N4O.Pt/c1-67(2,3)47-31-33-55-53-25-13-14-26-54(53)60-37-46(44-19-9-7-10-20-44)38-63-66(60)71(65-52(45-21-11-8-12-22-45)28-18-29-58(65)59(55)39-47)43-70(63)49-23-17-24-50(41-49)73-51-32-34-57-56-27-15-16-30-61(56)72(62(57)42-51)64-40-48(35-36-69-64)68(4,5)6;/h7-40H,1-6H3;/q-2;/i7D,8D,9D,10D,11D,12D,19D,20D,21D,22D;. The Morgan fingerprint density at radius 1 is 0.514 bits per heavy atom. The van der Waals surface area contributed by atoms with Gasteiger partial charge in [-0.1, -0.05) is 192 Å². The SMILES string of the molecule is [2H]c1c([2H])c([2H])c(-c2cc3c4c(c2)n(-c2[c-]c(Oc5[c-]c6c(cc5)c5ccccc5n6-c5cc(C(C)(C)C)ccn5)ccc2)[c-][n+]4-c2c(cccc2-c2c([2H])c([2H])c([2H])c([2H])c2[2H])-c2cc(C(C)(C)C)ccc2-c2ccccc2-3)c([2H])c1[2H].[Pt]. The van der Waals surface area contributed by atoms with E-state index >= 15 is 0 Å². The summed E-state index contributed by atoms with van der Waals surface area (Å²) in [6.07, 6.45) is 5.52. The van der Waals surface area contributed by atoms with Gasteiger partial charge in [0, 0.05) is 44.3 Å². The van der Waals surface area contributed by atoms with Crippen LogP contribution in [0, 0.1) is 18.5 Å². The topological polar surface area (TPSA) is 35.9 Å². The third-order valence-corrected chi connectivity index (χ3v) is 13.9. The second-order valence-corrected chi connectivity index (χ2v) is 20.5. The van der Waals surface area contributed by atoms with E-state index in [0.717, 1.165) is 61.0 Å². The molecule has 0 N–H and O–H groups in total. The van der Waals surface area contributed by atoms with Gasteiger partial charge < -0.3 is 13.9 Å². The monoisotopic (exact) mass is 1150 g/mol. The molecule has 1 aliphatic heterocycles. The first-order valence-corrected chi connectivity index (χ1v) is 24.3. The van der Waals surface area contributed by atoms with Crippen LogP contribution in [-0.2, 0) is 31.9 Å². The Labute approximate surface area is 461 Å². The van der Waals surface area contributed by atoms with Crippen molar-refractivity contribution in [3.8, 4) is 84.3 Å². The number of nitrogens with zero attached hydrogens (tertiary/aromatic N) is 4. The predicted molar refractivity (Wildman–Crippen MR) is 298 cm³/mol. The number of pyridine rings is 1. The molecule has 0 saturated heterocycles. The molecule has 0 fully saturated rings. The first kappa shape index (κ1) is 36.7. The van der Waals surface area contributed by atoms with Gasteiger partial charge in [-0.2, -0.15) is 18.2 Å². The fourth-order valence-electron chi connectivity index (χ4n) is 10.3. The molecule has 362 valence electrons. The van der Waals surface area contributed by atoms with Crippen LogP contribution < -0.4 is 9.30 Å². The molecule has 0 radical (unpaired) electrons. The van der Waals surface area contributed by atoms with Crippen molar-refractivity contribution in [1.29, 1.82) is 0 Å². The fraction of sp³-hybridized carbons (Fsp3) is 0.118. The van der Waals surface area contributed by atoms with E-state index in [9.17, 15) is 5.48 Å². The van der Waals surface area contributed by atoms with Crippen LogP contribution in [0.25, 0.3) is 106 Å². The number of benzene rings is 9. The van der Waals surface area contributed by atoms with Crippen LogP contribution in [0.1, 0.15) is 66.4 Å². The Morgan fingerprint density at radius 2 is 1.16 bits per heavy atom. The minimum absolute atomic E-state index is 0. The largest absolute Gasteiger partial charge is 0.510 e. The molecule has 5 nitrogen and oxygen atoms in total. The third kappa shape index (κ3) is 7.98. The quantitative estimate of drug-likeness (QED) is 0.123. The molecule has 74 heavy (non-hydrogen) atoms. The van der Waals surface area contributed by atoms with Crippen LogP contribution in [0.4, 0.5) is 0 Å². The van der Waals surface area contributed by atoms with Crippen LogP contribution in [0.5, 0.6) is 11.5 Å². The van der Waals surface area contributed by atoms with Crippen molar-refractivity contribution in [2.45, 2.75) is 52.4 Å². The number of aromatic nitrogens is 4. The van der Waals surface area contributed by atoms with Crippen LogP contribution in [0.3, 0.4) is 0 Å².